The lowest BCUT2D eigenvalue weighted by atomic mass is 10.00. The van der Waals surface area contributed by atoms with Gasteiger partial charge in [-0.15, -0.1) is 0 Å². The third kappa shape index (κ3) is 3.28. The first-order chi connectivity index (χ1) is 8.93. The molecule has 0 aliphatic carbocycles. The van der Waals surface area contributed by atoms with E-state index in [9.17, 15) is 0 Å². The van der Waals surface area contributed by atoms with Gasteiger partial charge in [0.15, 0.2) is 0 Å². The average Bonchev–Trinajstić information content (AvgIpc) is 2.69. The molecular weight excluding hydrogens is 238 g/mol. The zero-order valence-electron chi connectivity index (χ0n) is 12.4. The molecule has 1 aromatic rings. The lowest BCUT2D eigenvalue weighted by Gasteiger charge is -2.21. The third-order valence-electron chi connectivity index (χ3n) is 3.93. The summed E-state index contributed by atoms with van der Waals surface area (Å²) in [7, 11) is 0. The molecule has 0 fully saturated rings. The SMILES string of the molecule is CC(CO)C(C)NCc1cccc2c1OC(C)(C)C2. The van der Waals surface area contributed by atoms with Gasteiger partial charge in [0.25, 0.3) is 0 Å². The van der Waals surface area contributed by atoms with E-state index in [-0.39, 0.29) is 24.2 Å². The van der Waals surface area contributed by atoms with E-state index < -0.39 is 0 Å². The highest BCUT2D eigenvalue weighted by molar-refractivity contribution is 5.45. The number of hydrogen-bond acceptors (Lipinski definition) is 3. The summed E-state index contributed by atoms with van der Waals surface area (Å²) in [6.45, 7) is 9.40. The number of nitrogens with one attached hydrogen (secondary N) is 1. The highest BCUT2D eigenvalue weighted by Crippen LogP contribution is 2.37. The van der Waals surface area contributed by atoms with E-state index >= 15 is 0 Å². The minimum atomic E-state index is -0.0948. The van der Waals surface area contributed by atoms with Gasteiger partial charge in [0, 0.05) is 31.2 Å². The van der Waals surface area contributed by atoms with Crippen LogP contribution in [0.25, 0.3) is 0 Å². The number of rotatable bonds is 5. The zero-order chi connectivity index (χ0) is 14.0. The predicted octanol–water partition coefficient (Wildman–Crippen LogP) is 2.51. The van der Waals surface area contributed by atoms with Gasteiger partial charge in [-0.25, -0.2) is 0 Å². The largest absolute Gasteiger partial charge is 0.487 e. The van der Waals surface area contributed by atoms with Crippen molar-refractivity contribution in [2.75, 3.05) is 6.61 Å². The van der Waals surface area contributed by atoms with Gasteiger partial charge in [-0.3, -0.25) is 0 Å². The van der Waals surface area contributed by atoms with Crippen LogP contribution in [0.4, 0.5) is 0 Å². The molecule has 0 spiro atoms. The molecule has 1 aromatic carbocycles. The van der Waals surface area contributed by atoms with Gasteiger partial charge >= 0.3 is 0 Å². The van der Waals surface area contributed by atoms with Gasteiger partial charge < -0.3 is 15.2 Å². The minimum Gasteiger partial charge on any atom is -0.487 e. The first-order valence-corrected chi connectivity index (χ1v) is 7.07. The molecule has 19 heavy (non-hydrogen) atoms. The normalized spacial score (nSPS) is 19.6. The van der Waals surface area contributed by atoms with Crippen LogP contribution in [0.15, 0.2) is 18.2 Å². The lowest BCUT2D eigenvalue weighted by molar-refractivity contribution is 0.137. The van der Waals surface area contributed by atoms with Gasteiger partial charge in [-0.1, -0.05) is 25.1 Å². The Morgan fingerprint density at radius 2 is 2.11 bits per heavy atom. The molecule has 1 aliphatic heterocycles. The topological polar surface area (TPSA) is 41.5 Å². The summed E-state index contributed by atoms with van der Waals surface area (Å²) in [4.78, 5) is 0. The number of hydrogen-bond donors (Lipinski definition) is 2. The van der Waals surface area contributed by atoms with Crippen molar-refractivity contribution in [3.8, 4) is 5.75 Å². The van der Waals surface area contributed by atoms with Gasteiger partial charge in [0.1, 0.15) is 11.4 Å². The molecule has 0 saturated carbocycles. The van der Waals surface area contributed by atoms with Crippen LogP contribution in [-0.4, -0.2) is 23.4 Å². The Kier molecular flexibility index (Phi) is 4.16. The summed E-state index contributed by atoms with van der Waals surface area (Å²) in [5, 5.41) is 12.6. The molecule has 1 heterocycles. The Bertz CT molecular complexity index is 442. The second kappa shape index (κ2) is 5.51. The maximum absolute atomic E-state index is 9.16. The summed E-state index contributed by atoms with van der Waals surface area (Å²) < 4.78 is 6.06. The van der Waals surface area contributed by atoms with Crippen LogP contribution < -0.4 is 10.1 Å². The molecule has 3 heteroatoms. The fourth-order valence-electron chi connectivity index (χ4n) is 2.45. The number of ether oxygens (including phenoxy) is 1. The van der Waals surface area contributed by atoms with E-state index in [2.05, 4.69) is 44.3 Å². The fraction of sp³-hybridized carbons (Fsp3) is 0.625. The van der Waals surface area contributed by atoms with E-state index in [1.165, 1.54) is 11.1 Å². The van der Waals surface area contributed by atoms with Crippen molar-refractivity contribution in [1.82, 2.24) is 5.32 Å². The monoisotopic (exact) mass is 263 g/mol. The third-order valence-corrected chi connectivity index (χ3v) is 3.93. The highest BCUT2D eigenvalue weighted by Gasteiger charge is 2.31. The Labute approximate surface area is 116 Å². The van der Waals surface area contributed by atoms with Crippen LogP contribution >= 0.6 is 0 Å². The smallest absolute Gasteiger partial charge is 0.127 e. The molecule has 3 nitrogen and oxygen atoms in total. The number of fused-ring (bicyclic) bond motifs is 1. The van der Waals surface area contributed by atoms with Crippen molar-refractivity contribution in [3.05, 3.63) is 29.3 Å². The summed E-state index contributed by atoms with van der Waals surface area (Å²) in [5.41, 5.74) is 2.41. The van der Waals surface area contributed by atoms with Crippen LogP contribution in [0.3, 0.4) is 0 Å². The van der Waals surface area contributed by atoms with Crippen molar-refractivity contribution in [2.45, 2.75) is 52.3 Å². The Morgan fingerprint density at radius 1 is 1.37 bits per heavy atom. The van der Waals surface area contributed by atoms with E-state index in [0.717, 1.165) is 18.7 Å². The standard InChI is InChI=1S/C16H25NO2/c1-11(10-18)12(2)17-9-14-7-5-6-13-8-16(3,4)19-15(13)14/h5-7,11-12,17-18H,8-10H2,1-4H3. The summed E-state index contributed by atoms with van der Waals surface area (Å²) >= 11 is 0. The quantitative estimate of drug-likeness (QED) is 0.857. The summed E-state index contributed by atoms with van der Waals surface area (Å²) in [6.07, 6.45) is 0.971. The maximum Gasteiger partial charge on any atom is 0.127 e. The molecule has 0 radical (unpaired) electrons. The van der Waals surface area contributed by atoms with Gasteiger partial charge in [-0.05, 0) is 32.3 Å². The molecule has 2 rings (SSSR count). The maximum atomic E-state index is 9.16. The molecule has 2 unspecified atom stereocenters. The average molecular weight is 263 g/mol. The van der Waals surface area contributed by atoms with Crippen molar-refractivity contribution in [3.63, 3.8) is 0 Å². The molecule has 0 amide bonds. The van der Waals surface area contributed by atoms with Crippen molar-refractivity contribution >= 4 is 0 Å². The molecular formula is C16H25NO2. The minimum absolute atomic E-state index is 0.0948. The molecule has 0 saturated heterocycles. The molecule has 1 aliphatic rings. The molecule has 0 bridgehead atoms. The van der Waals surface area contributed by atoms with Crippen LogP contribution in [0, 0.1) is 5.92 Å². The Balaban J connectivity index is 2.05. The first-order valence-electron chi connectivity index (χ1n) is 7.07. The van der Waals surface area contributed by atoms with E-state index in [1.807, 2.05) is 6.92 Å². The number of benzene rings is 1. The van der Waals surface area contributed by atoms with Crippen molar-refractivity contribution < 1.29 is 9.84 Å². The van der Waals surface area contributed by atoms with Crippen LogP contribution in [0.1, 0.15) is 38.8 Å². The molecule has 106 valence electrons. The highest BCUT2D eigenvalue weighted by atomic mass is 16.5. The van der Waals surface area contributed by atoms with E-state index in [4.69, 9.17) is 9.84 Å². The van der Waals surface area contributed by atoms with Crippen molar-refractivity contribution in [2.24, 2.45) is 5.92 Å². The second-order valence-electron chi connectivity index (χ2n) is 6.27. The predicted molar refractivity (Wildman–Crippen MR) is 77.4 cm³/mol. The molecule has 2 atom stereocenters. The summed E-state index contributed by atoms with van der Waals surface area (Å²) in [5.74, 6) is 1.30. The Morgan fingerprint density at radius 3 is 2.79 bits per heavy atom. The molecule has 0 aromatic heterocycles. The zero-order valence-corrected chi connectivity index (χ0v) is 12.4. The number of para-hydroxylation sites is 1. The van der Waals surface area contributed by atoms with Gasteiger partial charge in [0.05, 0.1) is 0 Å². The van der Waals surface area contributed by atoms with Gasteiger partial charge in [-0.2, -0.15) is 0 Å². The number of aliphatic hydroxyl groups is 1. The van der Waals surface area contributed by atoms with E-state index in [1.54, 1.807) is 0 Å². The van der Waals surface area contributed by atoms with Crippen molar-refractivity contribution in [1.29, 1.82) is 0 Å². The van der Waals surface area contributed by atoms with Crippen LogP contribution in [-0.2, 0) is 13.0 Å². The molecule has 2 N–H and O–H groups in total. The van der Waals surface area contributed by atoms with E-state index in [0.29, 0.717) is 0 Å². The first kappa shape index (κ1) is 14.4. The number of aliphatic hydroxyl groups excluding tert-OH is 1. The fourth-order valence-corrected chi connectivity index (χ4v) is 2.45. The second-order valence-corrected chi connectivity index (χ2v) is 6.27. The van der Waals surface area contributed by atoms with Crippen LogP contribution in [0.5, 0.6) is 5.75 Å². The summed E-state index contributed by atoms with van der Waals surface area (Å²) in [6, 6.07) is 6.65. The van der Waals surface area contributed by atoms with Gasteiger partial charge in [0.2, 0.25) is 0 Å². The lowest BCUT2D eigenvalue weighted by Crippen LogP contribution is -2.33. The van der Waals surface area contributed by atoms with Crippen LogP contribution in [0.2, 0.25) is 0 Å². The Hall–Kier alpha value is -1.06.